The summed E-state index contributed by atoms with van der Waals surface area (Å²) in [7, 11) is 0. The minimum absolute atomic E-state index is 0.126. The Labute approximate surface area is 164 Å². The highest BCUT2D eigenvalue weighted by molar-refractivity contribution is 6.10. The van der Waals surface area contributed by atoms with E-state index in [0.29, 0.717) is 0 Å². The van der Waals surface area contributed by atoms with Crippen LogP contribution in [0.1, 0.15) is 59.5 Å². The highest BCUT2D eigenvalue weighted by Crippen LogP contribution is 2.41. The second-order valence-electron chi connectivity index (χ2n) is 6.22. The molecule has 3 rings (SSSR count). The van der Waals surface area contributed by atoms with Crippen molar-refractivity contribution >= 4 is 24.2 Å². The second kappa shape index (κ2) is 7.27. The van der Waals surface area contributed by atoms with Gasteiger partial charge in [-0.1, -0.05) is 0 Å². The van der Waals surface area contributed by atoms with Gasteiger partial charge in [0.05, 0.1) is 17.7 Å². The molecule has 0 radical (unpaired) electrons. The van der Waals surface area contributed by atoms with E-state index in [1.807, 2.05) is 0 Å². The van der Waals surface area contributed by atoms with Crippen molar-refractivity contribution < 1.29 is 43.6 Å². The number of carboxylic acids is 1. The third kappa shape index (κ3) is 3.16. The number of esters is 2. The molecule has 0 saturated carbocycles. The van der Waals surface area contributed by atoms with E-state index in [9.17, 15) is 29.4 Å². The SMILES string of the molecule is CCOc1cc(C(=O)O)c2c(c1C)OC(=O)c1c(C)cc(O)c(C=O)c1OC2=O. The van der Waals surface area contributed by atoms with Gasteiger partial charge < -0.3 is 24.4 Å². The van der Waals surface area contributed by atoms with Gasteiger partial charge in [-0.2, -0.15) is 0 Å². The number of benzene rings is 2. The zero-order valence-electron chi connectivity index (χ0n) is 15.7. The Morgan fingerprint density at radius 2 is 1.72 bits per heavy atom. The molecule has 0 fully saturated rings. The third-order valence-corrected chi connectivity index (χ3v) is 4.42. The van der Waals surface area contributed by atoms with Crippen molar-refractivity contribution in [3.8, 4) is 23.0 Å². The van der Waals surface area contributed by atoms with E-state index in [2.05, 4.69) is 0 Å². The van der Waals surface area contributed by atoms with Crippen LogP contribution in [0.5, 0.6) is 23.0 Å². The molecule has 0 unspecified atom stereocenters. The van der Waals surface area contributed by atoms with E-state index >= 15 is 0 Å². The van der Waals surface area contributed by atoms with Crippen molar-refractivity contribution in [2.75, 3.05) is 6.61 Å². The number of carboxylic acid groups (broad SMARTS) is 1. The maximum absolute atomic E-state index is 12.8. The molecule has 0 aromatic heterocycles. The fourth-order valence-electron chi connectivity index (χ4n) is 3.08. The lowest BCUT2D eigenvalue weighted by Crippen LogP contribution is -2.25. The van der Waals surface area contributed by atoms with Crippen LogP contribution in [0.3, 0.4) is 0 Å². The first-order valence-electron chi connectivity index (χ1n) is 8.51. The zero-order chi connectivity index (χ0) is 21.5. The fraction of sp³-hybridized carbons (Fsp3) is 0.200. The Morgan fingerprint density at radius 3 is 2.31 bits per heavy atom. The number of hydrogen-bond acceptors (Lipinski definition) is 8. The van der Waals surface area contributed by atoms with Gasteiger partial charge >= 0.3 is 17.9 Å². The topological polar surface area (TPSA) is 136 Å². The van der Waals surface area contributed by atoms with E-state index in [0.717, 1.165) is 12.1 Å². The van der Waals surface area contributed by atoms with Crippen LogP contribution in [0.15, 0.2) is 12.1 Å². The summed E-state index contributed by atoms with van der Waals surface area (Å²) in [4.78, 5) is 48.8. The van der Waals surface area contributed by atoms with Crippen LogP contribution in [0.25, 0.3) is 0 Å². The Hall–Kier alpha value is -3.88. The maximum Gasteiger partial charge on any atom is 0.348 e. The molecule has 150 valence electrons. The lowest BCUT2D eigenvalue weighted by Gasteiger charge is -2.22. The molecule has 2 aromatic rings. The minimum atomic E-state index is -1.47. The first-order valence-corrected chi connectivity index (χ1v) is 8.51. The molecule has 0 bridgehead atoms. The first kappa shape index (κ1) is 19.9. The van der Waals surface area contributed by atoms with Crippen LogP contribution < -0.4 is 14.2 Å². The van der Waals surface area contributed by atoms with Gasteiger partial charge in [0.25, 0.3) is 0 Å². The summed E-state index contributed by atoms with van der Waals surface area (Å²) >= 11 is 0. The lowest BCUT2D eigenvalue weighted by atomic mass is 9.98. The highest BCUT2D eigenvalue weighted by Gasteiger charge is 2.35. The zero-order valence-corrected chi connectivity index (χ0v) is 15.7. The summed E-state index contributed by atoms with van der Waals surface area (Å²) in [5, 5.41) is 19.5. The Balaban J connectivity index is 2.34. The van der Waals surface area contributed by atoms with Gasteiger partial charge in [-0.05, 0) is 38.5 Å². The summed E-state index contributed by atoms with van der Waals surface area (Å²) in [6.45, 7) is 4.85. The van der Waals surface area contributed by atoms with Gasteiger partial charge in [0.1, 0.15) is 22.6 Å². The molecule has 29 heavy (non-hydrogen) atoms. The standard InChI is InChI=1S/C20H16O9/c1-4-27-13-6-10(18(23)24)15-16(9(13)3)28-19(25)14-8(2)5-12(22)11(7-21)17(14)29-20(15)26/h5-7,22H,4H2,1-3H3,(H,23,24). The summed E-state index contributed by atoms with van der Waals surface area (Å²) in [5.74, 6) is -4.80. The third-order valence-electron chi connectivity index (χ3n) is 4.42. The van der Waals surface area contributed by atoms with E-state index < -0.39 is 46.1 Å². The molecule has 1 aliphatic rings. The maximum atomic E-state index is 12.8. The van der Waals surface area contributed by atoms with Gasteiger partial charge in [-0.3, -0.25) is 4.79 Å². The number of hydrogen-bond donors (Lipinski definition) is 2. The van der Waals surface area contributed by atoms with Gasteiger partial charge in [-0.25, -0.2) is 14.4 Å². The molecule has 0 atom stereocenters. The number of aromatic carboxylic acids is 1. The van der Waals surface area contributed by atoms with Crippen LogP contribution in [0.2, 0.25) is 0 Å². The number of fused-ring (bicyclic) bond motifs is 2. The predicted octanol–water partition coefficient (Wildman–Crippen LogP) is 2.67. The predicted molar refractivity (Wildman–Crippen MR) is 97.5 cm³/mol. The normalized spacial score (nSPS) is 12.7. The van der Waals surface area contributed by atoms with Crippen molar-refractivity contribution in [3.05, 3.63) is 45.5 Å². The summed E-state index contributed by atoms with van der Waals surface area (Å²) in [6.07, 6.45) is 0.220. The number of phenolic OH excluding ortho intramolecular Hbond substituents is 1. The minimum Gasteiger partial charge on any atom is -0.507 e. The molecule has 0 saturated heterocycles. The smallest absolute Gasteiger partial charge is 0.348 e. The Morgan fingerprint density at radius 1 is 1.10 bits per heavy atom. The molecule has 9 nitrogen and oxygen atoms in total. The van der Waals surface area contributed by atoms with E-state index in [1.54, 1.807) is 6.92 Å². The number of rotatable bonds is 4. The van der Waals surface area contributed by atoms with Gasteiger partial charge in [-0.15, -0.1) is 0 Å². The number of aldehydes is 1. The van der Waals surface area contributed by atoms with Crippen LogP contribution in [0, 0.1) is 13.8 Å². The number of carbonyl (C=O) groups excluding carboxylic acids is 3. The summed E-state index contributed by atoms with van der Waals surface area (Å²) in [5.41, 5.74) is -1.25. The van der Waals surface area contributed by atoms with Crippen LogP contribution >= 0.6 is 0 Å². The Bertz CT molecular complexity index is 1080. The number of carbonyl (C=O) groups is 4. The number of phenols is 1. The van der Waals surface area contributed by atoms with Crippen molar-refractivity contribution in [1.82, 2.24) is 0 Å². The quantitative estimate of drug-likeness (QED) is 0.451. The summed E-state index contributed by atoms with van der Waals surface area (Å²) < 4.78 is 16.0. The van der Waals surface area contributed by atoms with Crippen molar-refractivity contribution in [1.29, 1.82) is 0 Å². The molecule has 2 N–H and O–H groups in total. The summed E-state index contributed by atoms with van der Waals surface area (Å²) in [6, 6.07) is 2.29. The van der Waals surface area contributed by atoms with E-state index in [4.69, 9.17) is 14.2 Å². The lowest BCUT2D eigenvalue weighted by molar-refractivity contribution is 0.0630. The van der Waals surface area contributed by atoms with Crippen molar-refractivity contribution in [3.63, 3.8) is 0 Å². The van der Waals surface area contributed by atoms with E-state index in [1.165, 1.54) is 13.8 Å². The van der Waals surface area contributed by atoms with Crippen LogP contribution in [-0.2, 0) is 0 Å². The average Bonchev–Trinajstić information content (AvgIpc) is 2.63. The van der Waals surface area contributed by atoms with Crippen LogP contribution in [0.4, 0.5) is 0 Å². The van der Waals surface area contributed by atoms with Gasteiger partial charge in [0.2, 0.25) is 0 Å². The monoisotopic (exact) mass is 400 g/mol. The molecular formula is C20H16O9. The Kier molecular flexibility index (Phi) is 4.98. The largest absolute Gasteiger partial charge is 0.507 e. The van der Waals surface area contributed by atoms with Gasteiger partial charge in [0.15, 0.2) is 17.8 Å². The van der Waals surface area contributed by atoms with Crippen molar-refractivity contribution in [2.45, 2.75) is 20.8 Å². The molecule has 1 aliphatic heterocycles. The molecule has 0 aliphatic carbocycles. The fourth-order valence-corrected chi connectivity index (χ4v) is 3.08. The molecule has 2 aromatic carbocycles. The average molecular weight is 400 g/mol. The second-order valence-corrected chi connectivity index (χ2v) is 6.22. The highest BCUT2D eigenvalue weighted by atomic mass is 16.6. The molecule has 0 spiro atoms. The number of ether oxygens (including phenoxy) is 3. The molecule has 9 heteroatoms. The molecular weight excluding hydrogens is 384 g/mol. The van der Waals surface area contributed by atoms with Crippen molar-refractivity contribution in [2.24, 2.45) is 0 Å². The number of aromatic hydroxyl groups is 1. The van der Waals surface area contributed by atoms with Gasteiger partial charge in [0, 0.05) is 5.56 Å². The first-order chi connectivity index (χ1) is 13.7. The number of aryl methyl sites for hydroxylation is 1. The molecule has 0 amide bonds. The van der Waals surface area contributed by atoms with E-state index in [-0.39, 0.29) is 41.1 Å². The molecule has 1 heterocycles. The van der Waals surface area contributed by atoms with Crippen LogP contribution in [-0.4, -0.2) is 41.0 Å².